The Morgan fingerprint density at radius 1 is 1.32 bits per heavy atom. The number of rotatable bonds is 5. The molecule has 0 aliphatic rings. The SMILES string of the molecule is C=C(CC)C(=O)Oc1nc(-c2ccc(F)cc2)oc1-c1ccc(Cl)s1. The zero-order valence-corrected chi connectivity index (χ0v) is 14.8. The van der Waals surface area contributed by atoms with Gasteiger partial charge in [-0.15, -0.1) is 11.3 Å². The van der Waals surface area contributed by atoms with Gasteiger partial charge in [-0.05, 0) is 42.8 Å². The maximum atomic E-state index is 13.1. The highest BCUT2D eigenvalue weighted by Gasteiger charge is 2.22. The molecule has 0 fully saturated rings. The summed E-state index contributed by atoms with van der Waals surface area (Å²) in [5, 5.41) is 0. The van der Waals surface area contributed by atoms with E-state index in [-0.39, 0.29) is 23.3 Å². The van der Waals surface area contributed by atoms with Crippen LogP contribution in [0.4, 0.5) is 4.39 Å². The van der Waals surface area contributed by atoms with Gasteiger partial charge in [-0.2, -0.15) is 4.98 Å². The predicted octanol–water partition coefficient (Wildman–Crippen LogP) is 5.73. The molecule has 128 valence electrons. The zero-order valence-electron chi connectivity index (χ0n) is 13.2. The molecule has 0 unspecified atom stereocenters. The smallest absolute Gasteiger partial charge is 0.340 e. The van der Waals surface area contributed by atoms with Crippen molar-refractivity contribution >= 4 is 28.9 Å². The van der Waals surface area contributed by atoms with Gasteiger partial charge in [0.1, 0.15) is 5.82 Å². The minimum absolute atomic E-state index is 0.0254. The lowest BCUT2D eigenvalue weighted by molar-refractivity contribution is -0.130. The molecule has 25 heavy (non-hydrogen) atoms. The van der Waals surface area contributed by atoms with E-state index < -0.39 is 5.97 Å². The van der Waals surface area contributed by atoms with Crippen LogP contribution in [0.25, 0.3) is 22.1 Å². The number of benzene rings is 1. The molecule has 0 aliphatic heterocycles. The number of halogens is 2. The largest absolute Gasteiger partial charge is 0.431 e. The van der Waals surface area contributed by atoms with Crippen molar-refractivity contribution in [2.24, 2.45) is 0 Å². The summed E-state index contributed by atoms with van der Waals surface area (Å²) in [7, 11) is 0. The summed E-state index contributed by atoms with van der Waals surface area (Å²) in [6.45, 7) is 5.46. The minimum atomic E-state index is -0.578. The zero-order chi connectivity index (χ0) is 18.0. The molecule has 3 rings (SSSR count). The first-order valence-electron chi connectivity index (χ1n) is 7.40. The van der Waals surface area contributed by atoms with Gasteiger partial charge in [-0.1, -0.05) is 25.1 Å². The number of thiophene rings is 1. The molecule has 0 bridgehead atoms. The van der Waals surface area contributed by atoms with Crippen LogP contribution in [-0.2, 0) is 4.79 Å². The normalized spacial score (nSPS) is 10.7. The van der Waals surface area contributed by atoms with E-state index in [1.54, 1.807) is 19.1 Å². The molecular formula is C18H13ClFNO3S. The lowest BCUT2D eigenvalue weighted by atomic mass is 10.2. The summed E-state index contributed by atoms with van der Waals surface area (Å²) >= 11 is 7.24. The Bertz CT molecular complexity index is 930. The lowest BCUT2D eigenvalue weighted by Crippen LogP contribution is -2.10. The molecule has 0 N–H and O–H groups in total. The van der Waals surface area contributed by atoms with Gasteiger partial charge in [0.25, 0.3) is 5.88 Å². The molecule has 7 heteroatoms. The third kappa shape index (κ3) is 3.81. The van der Waals surface area contributed by atoms with Crippen LogP contribution in [0.15, 0.2) is 53.0 Å². The van der Waals surface area contributed by atoms with Crippen LogP contribution in [0.5, 0.6) is 5.88 Å². The molecule has 1 aromatic carbocycles. The summed E-state index contributed by atoms with van der Waals surface area (Å²) in [4.78, 5) is 17.0. The first-order chi connectivity index (χ1) is 12.0. The quantitative estimate of drug-likeness (QED) is 0.420. The summed E-state index contributed by atoms with van der Waals surface area (Å²) in [5.41, 5.74) is 0.878. The van der Waals surface area contributed by atoms with E-state index in [1.165, 1.54) is 35.6 Å². The van der Waals surface area contributed by atoms with Crippen molar-refractivity contribution in [1.29, 1.82) is 0 Å². The molecule has 2 aromatic heterocycles. The van der Waals surface area contributed by atoms with Gasteiger partial charge >= 0.3 is 5.97 Å². The Balaban J connectivity index is 2.03. The van der Waals surface area contributed by atoms with Crippen molar-refractivity contribution in [2.75, 3.05) is 0 Å². The van der Waals surface area contributed by atoms with Crippen LogP contribution < -0.4 is 4.74 Å². The van der Waals surface area contributed by atoms with Crippen LogP contribution in [0.3, 0.4) is 0 Å². The maximum absolute atomic E-state index is 13.1. The minimum Gasteiger partial charge on any atom is -0.431 e. The van der Waals surface area contributed by atoms with Crippen molar-refractivity contribution in [1.82, 2.24) is 4.98 Å². The van der Waals surface area contributed by atoms with E-state index >= 15 is 0 Å². The van der Waals surface area contributed by atoms with E-state index in [2.05, 4.69) is 11.6 Å². The number of esters is 1. The summed E-state index contributed by atoms with van der Waals surface area (Å²) in [6, 6.07) is 9.11. The van der Waals surface area contributed by atoms with E-state index in [0.29, 0.717) is 26.8 Å². The molecule has 0 radical (unpaired) electrons. The van der Waals surface area contributed by atoms with Crippen molar-refractivity contribution in [3.05, 3.63) is 58.7 Å². The van der Waals surface area contributed by atoms with Gasteiger partial charge in [0.05, 0.1) is 9.21 Å². The van der Waals surface area contributed by atoms with Crippen molar-refractivity contribution < 1.29 is 18.3 Å². The second-order valence-electron chi connectivity index (χ2n) is 5.11. The fraction of sp³-hybridized carbons (Fsp3) is 0.111. The number of hydrogen-bond donors (Lipinski definition) is 0. The average molecular weight is 378 g/mol. The van der Waals surface area contributed by atoms with Crippen molar-refractivity contribution in [2.45, 2.75) is 13.3 Å². The standard InChI is InChI=1S/C18H13ClFNO3S/c1-3-10(2)18(22)24-17-15(13-8-9-14(19)25-13)23-16(21-17)11-4-6-12(20)7-5-11/h4-9H,2-3H2,1H3. The molecule has 0 saturated heterocycles. The Kier molecular flexibility index (Phi) is 5.01. The van der Waals surface area contributed by atoms with E-state index in [9.17, 15) is 9.18 Å². The number of nitrogens with zero attached hydrogens (tertiary/aromatic N) is 1. The third-order valence-corrected chi connectivity index (χ3v) is 4.62. The van der Waals surface area contributed by atoms with Gasteiger partial charge < -0.3 is 9.15 Å². The van der Waals surface area contributed by atoms with Crippen LogP contribution in [0, 0.1) is 5.82 Å². The van der Waals surface area contributed by atoms with Gasteiger partial charge in [0.2, 0.25) is 11.7 Å². The van der Waals surface area contributed by atoms with Crippen LogP contribution in [0.1, 0.15) is 13.3 Å². The molecule has 0 atom stereocenters. The van der Waals surface area contributed by atoms with Gasteiger partial charge in [0.15, 0.2) is 0 Å². The molecule has 0 spiro atoms. The highest BCUT2D eigenvalue weighted by molar-refractivity contribution is 7.19. The second-order valence-corrected chi connectivity index (χ2v) is 6.83. The molecule has 0 amide bonds. The monoisotopic (exact) mass is 377 g/mol. The lowest BCUT2D eigenvalue weighted by Gasteiger charge is -2.02. The first kappa shape index (κ1) is 17.4. The average Bonchev–Trinajstić information content (AvgIpc) is 3.21. The fourth-order valence-corrected chi connectivity index (χ4v) is 3.00. The molecule has 2 heterocycles. The van der Waals surface area contributed by atoms with Gasteiger partial charge in [-0.25, -0.2) is 9.18 Å². The molecule has 4 nitrogen and oxygen atoms in total. The topological polar surface area (TPSA) is 52.3 Å². The number of aromatic nitrogens is 1. The number of carbonyl (C=O) groups excluding carboxylic acids is 1. The summed E-state index contributed by atoms with van der Waals surface area (Å²) in [5.74, 6) is -0.424. The summed E-state index contributed by atoms with van der Waals surface area (Å²) < 4.78 is 24.8. The Labute approximate surface area is 152 Å². The number of ether oxygens (including phenoxy) is 1. The molecule has 0 saturated carbocycles. The van der Waals surface area contributed by atoms with Crippen LogP contribution in [-0.4, -0.2) is 11.0 Å². The van der Waals surface area contributed by atoms with Crippen LogP contribution >= 0.6 is 22.9 Å². The van der Waals surface area contributed by atoms with E-state index in [4.69, 9.17) is 20.8 Å². The fourth-order valence-electron chi connectivity index (χ4n) is 1.99. The summed E-state index contributed by atoms with van der Waals surface area (Å²) in [6.07, 6.45) is 0.460. The van der Waals surface area contributed by atoms with E-state index in [0.717, 1.165) is 0 Å². The molecule has 3 aromatic rings. The molecule has 0 aliphatic carbocycles. The Morgan fingerprint density at radius 2 is 2.04 bits per heavy atom. The third-order valence-electron chi connectivity index (χ3n) is 3.39. The maximum Gasteiger partial charge on any atom is 0.340 e. The predicted molar refractivity (Wildman–Crippen MR) is 95.3 cm³/mol. The number of oxazole rings is 1. The first-order valence-corrected chi connectivity index (χ1v) is 8.59. The second kappa shape index (κ2) is 7.21. The Morgan fingerprint density at radius 3 is 2.64 bits per heavy atom. The van der Waals surface area contributed by atoms with Crippen LogP contribution in [0.2, 0.25) is 4.34 Å². The van der Waals surface area contributed by atoms with Crippen molar-refractivity contribution in [3.63, 3.8) is 0 Å². The van der Waals surface area contributed by atoms with E-state index in [1.807, 2.05) is 0 Å². The highest BCUT2D eigenvalue weighted by Crippen LogP contribution is 2.39. The number of hydrogen-bond acceptors (Lipinski definition) is 5. The Hall–Kier alpha value is -2.44. The van der Waals surface area contributed by atoms with Gasteiger partial charge in [0, 0.05) is 11.1 Å². The molecular weight excluding hydrogens is 365 g/mol. The highest BCUT2D eigenvalue weighted by atomic mass is 35.5. The van der Waals surface area contributed by atoms with Gasteiger partial charge in [-0.3, -0.25) is 0 Å². The number of carbonyl (C=O) groups is 1. The van der Waals surface area contributed by atoms with Crippen molar-refractivity contribution in [3.8, 4) is 28.0 Å².